The molecule has 1 aliphatic carbocycles. The number of aliphatic hydroxyl groups excluding tert-OH is 5. The zero-order valence-corrected chi connectivity index (χ0v) is 44.5. The van der Waals surface area contributed by atoms with Gasteiger partial charge in [0.05, 0.1) is 6.61 Å². The van der Waals surface area contributed by atoms with Gasteiger partial charge < -0.3 is 39.9 Å². The van der Waals surface area contributed by atoms with E-state index in [0.29, 0.717) is 12.8 Å². The van der Waals surface area contributed by atoms with Crippen LogP contribution in [0.4, 0.5) is 0 Å². The van der Waals surface area contributed by atoms with Crippen LogP contribution in [0.5, 0.6) is 0 Å². The Balaban J connectivity index is 2.33. The number of esters is 2. The van der Waals surface area contributed by atoms with Gasteiger partial charge in [0.15, 0.2) is 6.10 Å². The number of aliphatic hydroxyl groups is 5. The number of carbonyl (C=O) groups excluding carboxylic acids is 2. The van der Waals surface area contributed by atoms with Crippen LogP contribution in [0.15, 0.2) is 24.3 Å². The Hall–Kier alpha value is -1.67. The molecule has 6 unspecified atom stereocenters. The van der Waals surface area contributed by atoms with Gasteiger partial charge in [-0.1, -0.05) is 224 Å². The van der Waals surface area contributed by atoms with E-state index in [1.54, 1.807) is 0 Å². The van der Waals surface area contributed by atoms with Gasteiger partial charge in [0.1, 0.15) is 43.2 Å². The Morgan fingerprint density at radius 2 is 0.783 bits per heavy atom. The number of unbranched alkanes of at least 4 members (excludes halogenated alkanes) is 32. The highest BCUT2D eigenvalue weighted by Gasteiger charge is 2.51. The van der Waals surface area contributed by atoms with E-state index in [0.717, 1.165) is 64.2 Å². The van der Waals surface area contributed by atoms with Gasteiger partial charge in [-0.2, -0.15) is 0 Å². The summed E-state index contributed by atoms with van der Waals surface area (Å²) in [6.45, 7) is 3.32. The predicted octanol–water partition coefficient (Wildman–Crippen LogP) is 12.7. The zero-order valence-electron chi connectivity index (χ0n) is 43.6. The van der Waals surface area contributed by atoms with Crippen molar-refractivity contribution in [1.29, 1.82) is 0 Å². The minimum Gasteiger partial charge on any atom is -0.462 e. The summed E-state index contributed by atoms with van der Waals surface area (Å²) in [5.41, 5.74) is 0. The molecule has 0 aromatic carbocycles. The lowest BCUT2D eigenvalue weighted by Crippen LogP contribution is -2.64. The topological polar surface area (TPSA) is 210 Å². The molecule has 13 nitrogen and oxygen atoms in total. The third-order valence-corrected chi connectivity index (χ3v) is 14.3. The molecule has 0 saturated heterocycles. The Morgan fingerprint density at radius 1 is 0.449 bits per heavy atom. The van der Waals surface area contributed by atoms with Crippen molar-refractivity contribution in [3.05, 3.63) is 24.3 Å². The van der Waals surface area contributed by atoms with Gasteiger partial charge in [-0.05, 0) is 44.9 Å². The second kappa shape index (κ2) is 45.0. The molecule has 1 rings (SSSR count). The Bertz CT molecular complexity index is 1300. The summed E-state index contributed by atoms with van der Waals surface area (Å²) in [5.74, 6) is -1.09. The van der Waals surface area contributed by atoms with E-state index in [-0.39, 0.29) is 12.8 Å². The summed E-state index contributed by atoms with van der Waals surface area (Å²) >= 11 is 0. The van der Waals surface area contributed by atoms with Crippen LogP contribution < -0.4 is 0 Å². The highest BCUT2D eigenvalue weighted by molar-refractivity contribution is 7.47. The fourth-order valence-corrected chi connectivity index (χ4v) is 9.76. The molecular formula is C55H103O13P. The monoisotopic (exact) mass is 1000 g/mol. The number of phosphoric ester groups is 1. The molecule has 0 aromatic rings. The highest BCUT2D eigenvalue weighted by Crippen LogP contribution is 2.47. The van der Waals surface area contributed by atoms with Gasteiger partial charge in [-0.15, -0.1) is 0 Å². The first-order valence-electron chi connectivity index (χ1n) is 28.1. The molecule has 6 N–H and O–H groups in total. The summed E-state index contributed by atoms with van der Waals surface area (Å²) in [5, 5.41) is 50.3. The van der Waals surface area contributed by atoms with E-state index >= 15 is 0 Å². The lowest BCUT2D eigenvalue weighted by atomic mass is 9.85. The normalized spacial score (nSPS) is 21.0. The average Bonchev–Trinajstić information content (AvgIpc) is 3.33. The Morgan fingerprint density at radius 3 is 1.20 bits per heavy atom. The molecule has 0 aliphatic heterocycles. The van der Waals surface area contributed by atoms with Crippen LogP contribution in [0.25, 0.3) is 0 Å². The van der Waals surface area contributed by atoms with Crippen LogP contribution in [0.1, 0.15) is 258 Å². The van der Waals surface area contributed by atoms with Crippen LogP contribution in [-0.4, -0.2) is 98.3 Å². The van der Waals surface area contributed by atoms with Crippen LogP contribution in [0.2, 0.25) is 0 Å². The highest BCUT2D eigenvalue weighted by atomic mass is 31.2. The summed E-state index contributed by atoms with van der Waals surface area (Å²) in [6, 6.07) is 0. The second-order valence-electron chi connectivity index (χ2n) is 19.8. The summed E-state index contributed by atoms with van der Waals surface area (Å²) in [7, 11) is -5.12. The van der Waals surface area contributed by atoms with Crippen LogP contribution in [0, 0.1) is 0 Å². The standard InChI is InChI=1S/C55H103O13P/c1-3-5-7-9-11-13-15-17-19-21-22-23-24-25-26-28-30-32-34-36-38-40-42-44-49(57)67-47(46-66-69(63,64)68-55-53(61)51(59)50(58)52(60)54(55)62)45-65-48(56)43-41-39-37-35-33-31-29-27-20-18-16-14-12-10-8-6-4-2/h12,14,18,20,47,50-55,58-62H,3-11,13,15-17,19,21-46H2,1-2H3,(H,63,64)/b14-12+,20-18+/t47-,50?,51-,52?,53?,54?,55?/m1/s1. The number of hydrogen-bond acceptors (Lipinski definition) is 12. The van der Waals surface area contributed by atoms with Gasteiger partial charge >= 0.3 is 19.8 Å². The van der Waals surface area contributed by atoms with Gasteiger partial charge in [0.25, 0.3) is 0 Å². The van der Waals surface area contributed by atoms with Crippen LogP contribution in [-0.2, 0) is 32.7 Å². The average molecular weight is 1000 g/mol. The first-order chi connectivity index (χ1) is 33.4. The molecule has 0 radical (unpaired) electrons. The molecule has 0 spiro atoms. The maximum Gasteiger partial charge on any atom is 0.472 e. The SMILES string of the molecule is CCCCC/C=C/C/C=C/CCCCCCCCCC(=O)OC[C@H](COP(=O)(O)OC1C(O)C(O)C(O)[C@@H](O)C1O)OC(=O)CCCCCCCCCCCCCCCCCCCCCCCCC. The summed E-state index contributed by atoms with van der Waals surface area (Å²) in [4.78, 5) is 35.9. The molecule has 0 heterocycles. The number of rotatable bonds is 48. The molecule has 1 aliphatic rings. The Labute approximate surface area is 419 Å². The number of ether oxygens (including phenoxy) is 2. The third kappa shape index (κ3) is 36.8. The summed E-state index contributed by atoms with van der Waals surface area (Å²) < 4.78 is 33.7. The fourth-order valence-electron chi connectivity index (χ4n) is 8.79. The van der Waals surface area contributed by atoms with Crippen molar-refractivity contribution in [2.75, 3.05) is 13.2 Å². The number of carbonyl (C=O) groups is 2. The minimum atomic E-state index is -5.12. The molecule has 0 aromatic heterocycles. The molecule has 406 valence electrons. The Kier molecular flexibility index (Phi) is 42.6. The van der Waals surface area contributed by atoms with Gasteiger partial charge in [-0.25, -0.2) is 4.57 Å². The fraction of sp³-hybridized carbons (Fsp3) is 0.891. The van der Waals surface area contributed by atoms with E-state index in [9.17, 15) is 44.6 Å². The van der Waals surface area contributed by atoms with Gasteiger partial charge in [0.2, 0.25) is 0 Å². The van der Waals surface area contributed by atoms with Crippen molar-refractivity contribution in [3.63, 3.8) is 0 Å². The van der Waals surface area contributed by atoms with Crippen molar-refractivity contribution in [2.45, 2.75) is 301 Å². The number of allylic oxidation sites excluding steroid dienone is 4. The maximum absolute atomic E-state index is 12.9. The third-order valence-electron chi connectivity index (χ3n) is 13.3. The number of phosphoric acid groups is 1. The van der Waals surface area contributed by atoms with E-state index in [4.69, 9.17) is 18.5 Å². The van der Waals surface area contributed by atoms with Crippen molar-refractivity contribution in [3.8, 4) is 0 Å². The quantitative estimate of drug-likeness (QED) is 0.0145. The molecule has 0 bridgehead atoms. The molecule has 8 atom stereocenters. The molecule has 1 fully saturated rings. The van der Waals surface area contributed by atoms with Gasteiger partial charge in [0, 0.05) is 12.8 Å². The van der Waals surface area contributed by atoms with E-state index in [1.807, 2.05) is 0 Å². The van der Waals surface area contributed by atoms with E-state index < -0.39 is 75.7 Å². The predicted molar refractivity (Wildman–Crippen MR) is 277 cm³/mol. The minimum absolute atomic E-state index is 0.100. The molecule has 69 heavy (non-hydrogen) atoms. The largest absolute Gasteiger partial charge is 0.472 e. The van der Waals surface area contributed by atoms with Crippen molar-refractivity contribution >= 4 is 19.8 Å². The second-order valence-corrected chi connectivity index (χ2v) is 21.2. The molecule has 14 heteroatoms. The maximum atomic E-state index is 12.9. The lowest BCUT2D eigenvalue weighted by molar-refractivity contribution is -0.220. The first kappa shape index (κ1) is 65.3. The zero-order chi connectivity index (χ0) is 50.6. The van der Waals surface area contributed by atoms with Crippen molar-refractivity contribution in [1.82, 2.24) is 0 Å². The molecule has 1 saturated carbocycles. The van der Waals surface area contributed by atoms with Crippen LogP contribution >= 0.6 is 7.82 Å². The summed E-state index contributed by atoms with van der Waals surface area (Å²) in [6.07, 6.45) is 39.4. The van der Waals surface area contributed by atoms with Crippen molar-refractivity contribution < 1.29 is 63.1 Å². The smallest absolute Gasteiger partial charge is 0.462 e. The number of hydrogen-bond donors (Lipinski definition) is 6. The lowest BCUT2D eigenvalue weighted by Gasteiger charge is -2.41. The van der Waals surface area contributed by atoms with E-state index in [2.05, 4.69) is 38.2 Å². The molecular weight excluding hydrogens is 900 g/mol. The van der Waals surface area contributed by atoms with Crippen LogP contribution in [0.3, 0.4) is 0 Å². The molecule has 0 amide bonds. The van der Waals surface area contributed by atoms with Crippen molar-refractivity contribution in [2.24, 2.45) is 0 Å². The van der Waals surface area contributed by atoms with Gasteiger partial charge in [-0.3, -0.25) is 18.6 Å². The first-order valence-corrected chi connectivity index (χ1v) is 29.6. The van der Waals surface area contributed by atoms with E-state index in [1.165, 1.54) is 154 Å².